The number of hydrogen-bond acceptors (Lipinski definition) is 3. The van der Waals surface area contributed by atoms with Crippen LogP contribution in [0.2, 0.25) is 0 Å². The lowest BCUT2D eigenvalue weighted by atomic mass is 9.96. The van der Waals surface area contributed by atoms with Crippen LogP contribution in [-0.2, 0) is 35.3 Å². The molecule has 0 aliphatic heterocycles. The van der Waals surface area contributed by atoms with Crippen molar-refractivity contribution >= 4 is 78.0 Å². The monoisotopic (exact) mass is 781 g/mol. The molecule has 3 nitrogen and oxygen atoms in total. The molecule has 1 aromatic heterocycles. The van der Waals surface area contributed by atoms with Crippen LogP contribution in [0.15, 0.2) is 76.6 Å². The van der Waals surface area contributed by atoms with E-state index in [-0.39, 0.29) is 9.11 Å². The second kappa shape index (κ2) is 18.8. The van der Waals surface area contributed by atoms with Gasteiger partial charge in [-0.3, -0.25) is 0 Å². The van der Waals surface area contributed by atoms with Crippen molar-refractivity contribution in [2.75, 3.05) is 5.75 Å². The minimum atomic E-state index is -1.31. The molecule has 2 aromatic carbocycles. The number of aryl methyl sites for hydroxylation is 1. The summed E-state index contributed by atoms with van der Waals surface area (Å²) >= 11 is 17.4. The number of rotatable bonds is 15. The van der Waals surface area contributed by atoms with Crippen molar-refractivity contribution in [3.8, 4) is 34.1 Å². The van der Waals surface area contributed by atoms with Crippen molar-refractivity contribution in [1.82, 2.24) is 4.57 Å². The molecule has 3 rings (SSSR count). The Labute approximate surface area is 290 Å². The molecule has 43 heavy (non-hydrogen) atoms. The maximum Gasteiger partial charge on any atom is 0.158 e. The van der Waals surface area contributed by atoms with Crippen LogP contribution < -0.4 is 0 Å². The van der Waals surface area contributed by atoms with E-state index in [0.29, 0.717) is 21.7 Å². The van der Waals surface area contributed by atoms with Gasteiger partial charge in [-0.15, -0.1) is 23.4 Å². The molecule has 0 aliphatic rings. The highest BCUT2D eigenvalue weighted by Crippen LogP contribution is 2.34. The van der Waals surface area contributed by atoms with Crippen molar-refractivity contribution in [2.45, 2.75) is 84.2 Å². The summed E-state index contributed by atoms with van der Waals surface area (Å²) < 4.78 is 28.8. The number of aromatic nitrogens is 1. The zero-order chi connectivity index (χ0) is 31.4. The predicted octanol–water partition coefficient (Wildman–Crippen LogP) is 10.6. The third kappa shape index (κ3) is 11.1. The van der Waals surface area contributed by atoms with Crippen molar-refractivity contribution < 1.29 is 9.11 Å². The van der Waals surface area contributed by atoms with Crippen molar-refractivity contribution in [3.05, 3.63) is 76.9 Å². The summed E-state index contributed by atoms with van der Waals surface area (Å²) in [6, 6.07) is 13.6. The highest BCUT2D eigenvalue weighted by molar-refractivity contribution is 9.24. The van der Waals surface area contributed by atoms with Gasteiger partial charge in [-0.25, -0.2) is 0 Å². The molecule has 0 fully saturated rings. The fourth-order valence-electron chi connectivity index (χ4n) is 4.63. The Morgan fingerprint density at radius 2 is 1.72 bits per heavy atom. The Balaban J connectivity index is 1.93. The Hall–Kier alpha value is -1.02. The molecule has 9 heteroatoms. The zero-order valence-corrected chi connectivity index (χ0v) is 31.0. The first kappa shape index (κ1) is 36.4. The van der Waals surface area contributed by atoms with E-state index < -0.39 is 22.4 Å². The second-order valence-corrected chi connectivity index (χ2v) is 17.5. The van der Waals surface area contributed by atoms with Gasteiger partial charge in [0.2, 0.25) is 0 Å². The fourth-order valence-corrected chi connectivity index (χ4v) is 7.94. The van der Waals surface area contributed by atoms with Gasteiger partial charge in [-0.05, 0) is 65.7 Å². The number of unbranched alkanes of at least 4 members (excludes halogenated alkanes) is 3. The van der Waals surface area contributed by atoms with Crippen molar-refractivity contribution in [2.24, 2.45) is 0 Å². The van der Waals surface area contributed by atoms with Crippen LogP contribution in [0.25, 0.3) is 22.3 Å². The lowest BCUT2D eigenvalue weighted by molar-refractivity contribution is 0.590. The van der Waals surface area contributed by atoms with E-state index in [1.165, 1.54) is 5.41 Å². The van der Waals surface area contributed by atoms with Crippen molar-refractivity contribution in [1.29, 1.82) is 0 Å². The van der Waals surface area contributed by atoms with Gasteiger partial charge in [0.25, 0.3) is 0 Å². The topological polar surface area (TPSA) is 51.0 Å². The van der Waals surface area contributed by atoms with E-state index in [4.69, 9.17) is 23.8 Å². The van der Waals surface area contributed by atoms with E-state index in [2.05, 4.69) is 68.7 Å². The lowest BCUT2D eigenvalue weighted by Gasteiger charge is -2.18. The smallest absolute Gasteiger partial charge is 0.158 e. The maximum absolute atomic E-state index is 13.4. The first-order valence-electron chi connectivity index (χ1n) is 14.5. The predicted molar refractivity (Wildman–Crippen MR) is 196 cm³/mol. The standard InChI is InChI=1S/C34H38Br2ClNO2S3/c1-4-7-8-9-10-11-12-15-27(37)24-43(40)28-16-13-14-26(19-28)31-21-38(23-33(35)36)22-32(34(31)41)30-20-29(42(39)6-3)18-17-25(30)5-2/h6,13-14,16-22,27,33H,3-5,7-8,11-12,15,23-24H2,1-2H3. The zero-order valence-electron chi connectivity index (χ0n) is 24.6. The minimum Gasteiger partial charge on any atom is -0.611 e. The average molecular weight is 784 g/mol. The Morgan fingerprint density at radius 1 is 1.00 bits per heavy atom. The van der Waals surface area contributed by atoms with E-state index in [1.54, 1.807) is 0 Å². The fraction of sp³-hybridized carbons (Fsp3) is 0.382. The molecule has 0 N–H and O–H groups in total. The van der Waals surface area contributed by atoms with Gasteiger partial charge in [0.05, 0.1) is 13.6 Å². The first-order chi connectivity index (χ1) is 20.7. The molecular weight excluding hydrogens is 746 g/mol. The minimum absolute atomic E-state index is 0.0498. The highest BCUT2D eigenvalue weighted by atomic mass is 79.9. The van der Waals surface area contributed by atoms with Crippen LogP contribution in [0.4, 0.5) is 0 Å². The van der Waals surface area contributed by atoms with Gasteiger partial charge < -0.3 is 13.7 Å². The number of nitrogens with zero attached hydrogens (tertiary/aromatic N) is 1. The molecule has 0 aliphatic carbocycles. The molecule has 0 saturated heterocycles. The maximum atomic E-state index is 13.4. The SMILES string of the molecule is C=C[S+]([O-])c1ccc(CC)c(-c2cn(CC(Br)Br)cc(-c3cccc([S+]([O-])CC(Cl)CCCC#CCCCC)c3)c2=S)c1. The summed E-state index contributed by atoms with van der Waals surface area (Å²) in [6.45, 7) is 8.61. The van der Waals surface area contributed by atoms with Crippen molar-refractivity contribution in [3.63, 3.8) is 0 Å². The Kier molecular flexibility index (Phi) is 16.0. The summed E-state index contributed by atoms with van der Waals surface area (Å²) in [5, 5.41) is 1.26. The summed E-state index contributed by atoms with van der Waals surface area (Å²) in [5.74, 6) is 6.82. The van der Waals surface area contributed by atoms with Crippen LogP contribution in [0.1, 0.15) is 57.9 Å². The van der Waals surface area contributed by atoms with E-state index in [0.717, 1.165) is 77.7 Å². The first-order valence-corrected chi connectivity index (χ1v) is 19.7. The van der Waals surface area contributed by atoms with Crippen LogP contribution in [0.3, 0.4) is 0 Å². The highest BCUT2D eigenvalue weighted by Gasteiger charge is 2.20. The average Bonchev–Trinajstić information content (AvgIpc) is 3.00. The lowest BCUT2D eigenvalue weighted by Crippen LogP contribution is -2.16. The molecule has 230 valence electrons. The number of halogens is 3. The molecule has 0 amide bonds. The number of pyridine rings is 1. The van der Waals surface area contributed by atoms with Gasteiger partial charge >= 0.3 is 0 Å². The van der Waals surface area contributed by atoms with E-state index in [9.17, 15) is 9.11 Å². The molecule has 0 radical (unpaired) electrons. The van der Waals surface area contributed by atoms with Gasteiger partial charge in [-0.2, -0.15) is 0 Å². The molecule has 3 atom stereocenters. The quantitative estimate of drug-likeness (QED) is 0.0507. The molecule has 0 spiro atoms. The molecule has 3 unspecified atom stereocenters. The Bertz CT molecular complexity index is 1480. The number of hydrogen-bond donors (Lipinski definition) is 0. The normalized spacial score (nSPS) is 13.3. The summed E-state index contributed by atoms with van der Waals surface area (Å²) in [7, 11) is 0. The number of alkyl halides is 3. The molecule has 1 heterocycles. The number of benzene rings is 2. The van der Waals surface area contributed by atoms with Crippen LogP contribution in [-0.4, -0.2) is 28.5 Å². The van der Waals surface area contributed by atoms with Gasteiger partial charge in [0.15, 0.2) is 9.79 Å². The molecule has 3 aromatic rings. The molecule has 0 saturated carbocycles. The largest absolute Gasteiger partial charge is 0.611 e. The summed E-state index contributed by atoms with van der Waals surface area (Å²) in [4.78, 5) is 1.41. The van der Waals surface area contributed by atoms with Gasteiger partial charge in [0.1, 0.15) is 11.2 Å². The summed E-state index contributed by atoms with van der Waals surface area (Å²) in [5.41, 5.74) is 4.72. The van der Waals surface area contributed by atoms with Crippen LogP contribution in [0, 0.1) is 16.4 Å². The Morgan fingerprint density at radius 3 is 2.40 bits per heavy atom. The van der Waals surface area contributed by atoms with Gasteiger partial charge in [0, 0.05) is 66.2 Å². The molecule has 0 bridgehead atoms. The van der Waals surface area contributed by atoms with E-state index in [1.807, 2.05) is 54.9 Å². The van der Waals surface area contributed by atoms with Gasteiger partial charge in [-0.1, -0.05) is 89.1 Å². The summed E-state index contributed by atoms with van der Waals surface area (Å²) in [6.07, 6.45) is 10.6. The van der Waals surface area contributed by atoms with E-state index >= 15 is 0 Å². The molecular formula is C34H38Br2ClNO2S3. The van der Waals surface area contributed by atoms with Crippen LogP contribution in [0.5, 0.6) is 0 Å². The third-order valence-electron chi connectivity index (χ3n) is 6.90. The second-order valence-electron chi connectivity index (χ2n) is 10.1. The third-order valence-corrected chi connectivity index (χ3v) is 11.0. The van der Waals surface area contributed by atoms with Crippen LogP contribution >= 0.6 is 55.7 Å².